The molecular weight excluding hydrogens is 562 g/mol. The summed E-state index contributed by atoms with van der Waals surface area (Å²) in [5.41, 5.74) is 4.91. The van der Waals surface area contributed by atoms with E-state index in [0.717, 1.165) is 54.7 Å². The van der Waals surface area contributed by atoms with Crippen LogP contribution in [0.15, 0.2) is 60.7 Å². The maximum Gasteiger partial charge on any atom is 0.232 e. The molecule has 0 radical (unpaired) electrons. The summed E-state index contributed by atoms with van der Waals surface area (Å²) < 4.78 is 12.0. The van der Waals surface area contributed by atoms with Crippen molar-refractivity contribution in [3.63, 3.8) is 0 Å². The fraction of sp³-hybridized carbons (Fsp3) is 0.429. The number of rotatable bonds is 9. The molecular formula is C35H42ClN3O4. The SMILES string of the molecule is CC[C@@H](C)Oc1cc2c(cc1OC)CC(=O)N(c1ccc(C(C)N3CCC[C@H](NC(C)=O)C3)cc1)C2c1ccc(Cl)cc1. The van der Waals surface area contributed by atoms with Crippen molar-refractivity contribution >= 4 is 29.1 Å². The monoisotopic (exact) mass is 603 g/mol. The first kappa shape index (κ1) is 30.9. The van der Waals surface area contributed by atoms with Crippen LogP contribution in [-0.2, 0) is 16.0 Å². The molecule has 5 rings (SSSR count). The van der Waals surface area contributed by atoms with Crippen molar-refractivity contribution in [3.8, 4) is 11.5 Å². The van der Waals surface area contributed by atoms with Crippen molar-refractivity contribution in [1.82, 2.24) is 10.2 Å². The third kappa shape index (κ3) is 6.84. The number of anilines is 1. The van der Waals surface area contributed by atoms with Gasteiger partial charge in [-0.15, -0.1) is 0 Å². The van der Waals surface area contributed by atoms with Gasteiger partial charge in [0.1, 0.15) is 0 Å². The second-order valence-corrected chi connectivity index (χ2v) is 12.2. The van der Waals surface area contributed by atoms with Gasteiger partial charge < -0.3 is 19.7 Å². The van der Waals surface area contributed by atoms with E-state index in [4.69, 9.17) is 21.1 Å². The maximum absolute atomic E-state index is 13.9. The van der Waals surface area contributed by atoms with Gasteiger partial charge in [-0.05, 0) is 98.3 Å². The number of benzene rings is 3. The number of amides is 2. The molecule has 2 heterocycles. The summed E-state index contributed by atoms with van der Waals surface area (Å²) in [4.78, 5) is 29.8. The van der Waals surface area contributed by atoms with E-state index in [2.05, 4.69) is 36.2 Å². The maximum atomic E-state index is 13.9. The number of ether oxygens (including phenoxy) is 2. The van der Waals surface area contributed by atoms with Gasteiger partial charge in [0.15, 0.2) is 11.5 Å². The highest BCUT2D eigenvalue weighted by molar-refractivity contribution is 6.30. The Hall–Kier alpha value is -3.55. The second kappa shape index (κ2) is 13.4. The van der Waals surface area contributed by atoms with Gasteiger partial charge in [0.25, 0.3) is 0 Å². The zero-order valence-electron chi connectivity index (χ0n) is 25.7. The molecule has 3 aromatic rings. The summed E-state index contributed by atoms with van der Waals surface area (Å²) >= 11 is 6.27. The Labute approximate surface area is 260 Å². The first-order valence-corrected chi connectivity index (χ1v) is 15.6. The highest BCUT2D eigenvalue weighted by Crippen LogP contribution is 2.44. The molecule has 0 aliphatic carbocycles. The van der Waals surface area contributed by atoms with Crippen molar-refractivity contribution in [2.45, 2.75) is 77.6 Å². The molecule has 0 aromatic heterocycles. The zero-order chi connectivity index (χ0) is 30.7. The molecule has 4 atom stereocenters. The van der Waals surface area contributed by atoms with E-state index >= 15 is 0 Å². The number of fused-ring (bicyclic) bond motifs is 1. The Morgan fingerprint density at radius 1 is 1.07 bits per heavy atom. The summed E-state index contributed by atoms with van der Waals surface area (Å²) in [6, 6.07) is 20.0. The summed E-state index contributed by atoms with van der Waals surface area (Å²) in [5, 5.41) is 3.73. The first-order chi connectivity index (χ1) is 20.7. The highest BCUT2D eigenvalue weighted by Gasteiger charge is 2.36. The summed E-state index contributed by atoms with van der Waals surface area (Å²) in [6.45, 7) is 9.73. The predicted molar refractivity (Wildman–Crippen MR) is 171 cm³/mol. The van der Waals surface area contributed by atoms with Crippen LogP contribution < -0.4 is 19.7 Å². The normalized spacial score (nSPS) is 20.2. The number of nitrogens with zero attached hydrogens (tertiary/aromatic N) is 2. The standard InChI is InChI=1S/C35H42ClN3O4/c1-6-22(2)43-33-20-31-27(18-32(33)42-5)19-34(41)39(35(31)26-9-13-28(36)14-10-26)30-15-11-25(12-16-30)23(3)38-17-7-8-29(21-38)37-24(4)40/h9-16,18,20,22-23,29,35H,6-8,17,19,21H2,1-5H3,(H,37,40)/t22-,23?,29+,35?/m1/s1. The van der Waals surface area contributed by atoms with Gasteiger partial charge in [0.05, 0.1) is 25.7 Å². The van der Waals surface area contributed by atoms with Gasteiger partial charge in [-0.2, -0.15) is 0 Å². The predicted octanol–water partition coefficient (Wildman–Crippen LogP) is 6.87. The Morgan fingerprint density at radius 3 is 2.44 bits per heavy atom. The largest absolute Gasteiger partial charge is 0.493 e. The molecule has 0 spiro atoms. The van der Waals surface area contributed by atoms with E-state index in [0.29, 0.717) is 16.5 Å². The lowest BCUT2D eigenvalue weighted by Gasteiger charge is -2.39. The Balaban J connectivity index is 1.49. The lowest BCUT2D eigenvalue weighted by Crippen LogP contribution is -2.47. The molecule has 0 saturated carbocycles. The summed E-state index contributed by atoms with van der Waals surface area (Å²) in [5.74, 6) is 1.34. The number of likely N-dealkylation sites (tertiary alicyclic amines) is 1. The number of hydrogen-bond acceptors (Lipinski definition) is 5. The molecule has 1 N–H and O–H groups in total. The quantitative estimate of drug-likeness (QED) is 0.289. The van der Waals surface area contributed by atoms with Gasteiger partial charge in [0, 0.05) is 36.3 Å². The Morgan fingerprint density at radius 2 is 1.79 bits per heavy atom. The van der Waals surface area contributed by atoms with Crippen molar-refractivity contribution in [2.24, 2.45) is 0 Å². The molecule has 7 nitrogen and oxygen atoms in total. The van der Waals surface area contributed by atoms with Crippen LogP contribution in [0, 0.1) is 0 Å². The van der Waals surface area contributed by atoms with Gasteiger partial charge in [-0.1, -0.05) is 42.8 Å². The van der Waals surface area contributed by atoms with Crippen LogP contribution in [0.4, 0.5) is 5.69 Å². The van der Waals surface area contributed by atoms with Crippen molar-refractivity contribution in [2.75, 3.05) is 25.1 Å². The summed E-state index contributed by atoms with van der Waals surface area (Å²) in [6.07, 6.45) is 3.19. The number of nitrogens with one attached hydrogen (secondary N) is 1. The first-order valence-electron chi connectivity index (χ1n) is 15.2. The minimum absolute atomic E-state index is 0.0140. The average Bonchev–Trinajstić information content (AvgIpc) is 3.00. The van der Waals surface area contributed by atoms with Crippen LogP contribution in [0.1, 0.15) is 81.3 Å². The Bertz CT molecular complexity index is 1440. The average molecular weight is 604 g/mol. The number of halogens is 1. The molecule has 3 aromatic carbocycles. The van der Waals surface area contributed by atoms with Crippen LogP contribution in [0.2, 0.25) is 5.02 Å². The summed E-state index contributed by atoms with van der Waals surface area (Å²) in [7, 11) is 1.63. The molecule has 2 unspecified atom stereocenters. The van der Waals surface area contributed by atoms with Gasteiger partial charge >= 0.3 is 0 Å². The lowest BCUT2D eigenvalue weighted by atomic mass is 9.86. The van der Waals surface area contributed by atoms with Crippen LogP contribution in [0.3, 0.4) is 0 Å². The molecule has 8 heteroatoms. The number of hydrogen-bond donors (Lipinski definition) is 1. The van der Waals surface area contributed by atoms with E-state index < -0.39 is 0 Å². The second-order valence-electron chi connectivity index (χ2n) is 11.7. The van der Waals surface area contributed by atoms with Crippen molar-refractivity contribution < 1.29 is 19.1 Å². The topological polar surface area (TPSA) is 71.1 Å². The molecule has 228 valence electrons. The number of methoxy groups -OCH3 is 1. The highest BCUT2D eigenvalue weighted by atomic mass is 35.5. The number of carbonyl (C=O) groups is 2. The fourth-order valence-electron chi connectivity index (χ4n) is 6.26. The van der Waals surface area contributed by atoms with Gasteiger partial charge in [-0.25, -0.2) is 0 Å². The van der Waals surface area contributed by atoms with Gasteiger partial charge in [0.2, 0.25) is 11.8 Å². The third-order valence-corrected chi connectivity index (χ3v) is 8.99. The molecule has 2 aliphatic rings. The molecule has 43 heavy (non-hydrogen) atoms. The zero-order valence-corrected chi connectivity index (χ0v) is 26.5. The minimum atomic E-state index is -0.359. The minimum Gasteiger partial charge on any atom is -0.493 e. The van der Waals surface area contributed by atoms with Crippen molar-refractivity contribution in [3.05, 3.63) is 87.9 Å². The van der Waals surface area contributed by atoms with E-state index in [-0.39, 0.29) is 42.5 Å². The molecule has 1 saturated heterocycles. The van der Waals surface area contributed by atoms with Crippen LogP contribution in [0.25, 0.3) is 0 Å². The molecule has 0 bridgehead atoms. The molecule has 2 aliphatic heterocycles. The van der Waals surface area contributed by atoms with E-state index in [1.807, 2.05) is 60.4 Å². The van der Waals surface area contributed by atoms with Crippen molar-refractivity contribution in [1.29, 1.82) is 0 Å². The van der Waals surface area contributed by atoms with E-state index in [9.17, 15) is 9.59 Å². The molecule has 1 fully saturated rings. The Kier molecular flexibility index (Phi) is 9.62. The number of carbonyl (C=O) groups excluding carboxylic acids is 2. The van der Waals surface area contributed by atoms with Gasteiger partial charge in [-0.3, -0.25) is 14.5 Å². The molecule has 2 amide bonds. The van der Waals surface area contributed by atoms with E-state index in [1.165, 1.54) is 5.56 Å². The smallest absolute Gasteiger partial charge is 0.232 e. The van der Waals surface area contributed by atoms with Crippen LogP contribution >= 0.6 is 11.6 Å². The van der Waals surface area contributed by atoms with E-state index in [1.54, 1.807) is 14.0 Å². The third-order valence-electron chi connectivity index (χ3n) is 8.74. The van der Waals surface area contributed by atoms with Crippen LogP contribution in [-0.4, -0.2) is 49.1 Å². The lowest BCUT2D eigenvalue weighted by molar-refractivity contribution is -0.120. The fourth-order valence-corrected chi connectivity index (χ4v) is 6.39. The van der Waals surface area contributed by atoms with Crippen LogP contribution in [0.5, 0.6) is 11.5 Å². The number of piperidine rings is 1.